The molecule has 8 heteroatoms. The molecule has 30 heavy (non-hydrogen) atoms. The van der Waals surface area contributed by atoms with Gasteiger partial charge in [0.2, 0.25) is 5.91 Å². The van der Waals surface area contributed by atoms with Crippen LogP contribution in [0.4, 0.5) is 15.3 Å². The van der Waals surface area contributed by atoms with E-state index in [-0.39, 0.29) is 24.0 Å². The monoisotopic (exact) mass is 418 g/mol. The van der Waals surface area contributed by atoms with Crippen molar-refractivity contribution in [2.75, 3.05) is 18.4 Å². The first-order valence-corrected chi connectivity index (χ1v) is 10.5. The predicted molar refractivity (Wildman–Crippen MR) is 116 cm³/mol. The van der Waals surface area contributed by atoms with Crippen molar-refractivity contribution < 1.29 is 19.1 Å². The van der Waals surface area contributed by atoms with Gasteiger partial charge in [-0.3, -0.25) is 4.79 Å². The highest BCUT2D eigenvalue weighted by atomic mass is 16.6. The van der Waals surface area contributed by atoms with E-state index in [4.69, 9.17) is 4.74 Å². The SMILES string of the molecule is CCC(=O)Nc1ccc(C(C)NC(=O)N2CCCC(NC(=O)OC(C)(C)C)C2)cc1. The molecule has 0 bridgehead atoms. The minimum Gasteiger partial charge on any atom is -0.444 e. The normalized spacial score (nSPS) is 17.6. The van der Waals surface area contributed by atoms with Gasteiger partial charge in [0.15, 0.2) is 0 Å². The number of ether oxygens (including phenoxy) is 1. The van der Waals surface area contributed by atoms with Crippen molar-refractivity contribution >= 4 is 23.7 Å². The number of carbonyl (C=O) groups is 3. The molecule has 1 aromatic carbocycles. The van der Waals surface area contributed by atoms with Gasteiger partial charge in [-0.05, 0) is 58.2 Å². The number of carbonyl (C=O) groups excluding carboxylic acids is 3. The third kappa shape index (κ3) is 7.57. The van der Waals surface area contributed by atoms with Crippen LogP contribution in [0.1, 0.15) is 65.5 Å². The summed E-state index contributed by atoms with van der Waals surface area (Å²) < 4.78 is 5.30. The number of anilines is 1. The van der Waals surface area contributed by atoms with Crippen LogP contribution in [-0.2, 0) is 9.53 Å². The van der Waals surface area contributed by atoms with E-state index in [1.165, 1.54) is 0 Å². The molecule has 2 rings (SSSR count). The minimum atomic E-state index is -0.555. The van der Waals surface area contributed by atoms with E-state index in [9.17, 15) is 14.4 Å². The molecule has 0 aromatic heterocycles. The van der Waals surface area contributed by atoms with Gasteiger partial charge >= 0.3 is 12.1 Å². The van der Waals surface area contributed by atoms with Crippen molar-refractivity contribution in [3.05, 3.63) is 29.8 Å². The predicted octanol–water partition coefficient (Wildman–Crippen LogP) is 3.79. The van der Waals surface area contributed by atoms with E-state index in [0.717, 1.165) is 24.1 Å². The number of rotatable bonds is 5. The van der Waals surface area contributed by atoms with Crippen LogP contribution in [0.2, 0.25) is 0 Å². The molecule has 1 aliphatic rings. The molecular weight excluding hydrogens is 384 g/mol. The quantitative estimate of drug-likeness (QED) is 0.677. The van der Waals surface area contributed by atoms with Crippen LogP contribution >= 0.6 is 0 Å². The van der Waals surface area contributed by atoms with E-state index in [0.29, 0.717) is 19.5 Å². The van der Waals surface area contributed by atoms with Gasteiger partial charge in [-0.25, -0.2) is 9.59 Å². The molecular formula is C22H34N4O4. The van der Waals surface area contributed by atoms with Crippen LogP contribution in [0, 0.1) is 0 Å². The first kappa shape index (κ1) is 23.5. The fourth-order valence-corrected chi connectivity index (χ4v) is 3.22. The maximum Gasteiger partial charge on any atom is 0.407 e. The Hall–Kier alpha value is -2.77. The third-order valence-electron chi connectivity index (χ3n) is 4.78. The number of piperidine rings is 1. The molecule has 0 saturated carbocycles. The summed E-state index contributed by atoms with van der Waals surface area (Å²) in [5.74, 6) is -0.0382. The molecule has 4 amide bonds. The Morgan fingerprint density at radius 1 is 1.20 bits per heavy atom. The molecule has 1 saturated heterocycles. The molecule has 1 fully saturated rings. The van der Waals surface area contributed by atoms with Gasteiger partial charge in [0.1, 0.15) is 5.60 Å². The third-order valence-corrected chi connectivity index (χ3v) is 4.78. The molecule has 166 valence electrons. The lowest BCUT2D eigenvalue weighted by Gasteiger charge is -2.34. The van der Waals surface area contributed by atoms with E-state index in [2.05, 4.69) is 16.0 Å². The van der Waals surface area contributed by atoms with Crippen molar-refractivity contribution in [3.8, 4) is 0 Å². The smallest absolute Gasteiger partial charge is 0.407 e. The second-order valence-electron chi connectivity index (χ2n) is 8.63. The Balaban J connectivity index is 1.87. The van der Waals surface area contributed by atoms with E-state index in [1.54, 1.807) is 11.8 Å². The van der Waals surface area contributed by atoms with E-state index >= 15 is 0 Å². The van der Waals surface area contributed by atoms with Crippen molar-refractivity contribution in [2.45, 2.75) is 71.6 Å². The Bertz CT molecular complexity index is 742. The number of hydrogen-bond donors (Lipinski definition) is 3. The Morgan fingerprint density at radius 2 is 1.87 bits per heavy atom. The second-order valence-corrected chi connectivity index (χ2v) is 8.63. The zero-order chi connectivity index (χ0) is 22.3. The van der Waals surface area contributed by atoms with Crippen molar-refractivity contribution in [1.29, 1.82) is 0 Å². The van der Waals surface area contributed by atoms with Gasteiger partial charge in [0.25, 0.3) is 0 Å². The number of alkyl carbamates (subject to hydrolysis) is 1. The molecule has 1 aromatic rings. The van der Waals surface area contributed by atoms with Crippen LogP contribution in [0.3, 0.4) is 0 Å². The van der Waals surface area contributed by atoms with Gasteiger partial charge in [0, 0.05) is 31.2 Å². The maximum atomic E-state index is 12.7. The lowest BCUT2D eigenvalue weighted by molar-refractivity contribution is -0.115. The molecule has 3 N–H and O–H groups in total. The van der Waals surface area contributed by atoms with Crippen LogP contribution in [0.15, 0.2) is 24.3 Å². The molecule has 0 radical (unpaired) electrons. The number of nitrogens with one attached hydrogen (secondary N) is 3. The first-order chi connectivity index (χ1) is 14.1. The van der Waals surface area contributed by atoms with Crippen molar-refractivity contribution in [1.82, 2.24) is 15.5 Å². The second kappa shape index (κ2) is 10.3. The summed E-state index contributed by atoms with van der Waals surface area (Å²) in [6.45, 7) is 10.3. The van der Waals surface area contributed by atoms with Crippen LogP contribution in [0.5, 0.6) is 0 Å². The summed E-state index contributed by atoms with van der Waals surface area (Å²) in [7, 11) is 0. The highest BCUT2D eigenvalue weighted by Gasteiger charge is 2.27. The fraction of sp³-hybridized carbons (Fsp3) is 0.591. The lowest BCUT2D eigenvalue weighted by atomic mass is 10.1. The molecule has 2 unspecified atom stereocenters. The average molecular weight is 419 g/mol. The molecule has 0 spiro atoms. The molecule has 2 atom stereocenters. The zero-order valence-corrected chi connectivity index (χ0v) is 18.6. The highest BCUT2D eigenvalue weighted by molar-refractivity contribution is 5.90. The summed E-state index contributed by atoms with van der Waals surface area (Å²) in [5, 5.41) is 8.66. The van der Waals surface area contributed by atoms with E-state index in [1.807, 2.05) is 52.0 Å². The largest absolute Gasteiger partial charge is 0.444 e. The molecule has 8 nitrogen and oxygen atoms in total. The molecule has 0 aliphatic carbocycles. The topological polar surface area (TPSA) is 99.8 Å². The van der Waals surface area contributed by atoms with Crippen LogP contribution in [-0.4, -0.2) is 47.7 Å². The minimum absolute atomic E-state index is 0.0382. The highest BCUT2D eigenvalue weighted by Crippen LogP contribution is 2.18. The number of urea groups is 1. The number of amides is 4. The number of nitrogens with zero attached hydrogens (tertiary/aromatic N) is 1. The summed E-state index contributed by atoms with van der Waals surface area (Å²) in [5.41, 5.74) is 1.12. The number of hydrogen-bond acceptors (Lipinski definition) is 4. The van der Waals surface area contributed by atoms with E-state index < -0.39 is 11.7 Å². The Morgan fingerprint density at radius 3 is 2.47 bits per heavy atom. The van der Waals surface area contributed by atoms with Crippen molar-refractivity contribution in [3.63, 3.8) is 0 Å². The first-order valence-electron chi connectivity index (χ1n) is 10.5. The maximum absolute atomic E-state index is 12.7. The van der Waals surface area contributed by atoms with Gasteiger partial charge in [-0.15, -0.1) is 0 Å². The summed E-state index contributed by atoms with van der Waals surface area (Å²) in [6.07, 6.45) is 1.59. The molecule has 1 aliphatic heterocycles. The summed E-state index contributed by atoms with van der Waals surface area (Å²) >= 11 is 0. The van der Waals surface area contributed by atoms with Gasteiger partial charge in [-0.1, -0.05) is 19.1 Å². The Kier molecular flexibility index (Phi) is 8.08. The standard InChI is InChI=1S/C22H34N4O4/c1-6-19(27)24-17-11-9-16(10-12-17)15(2)23-20(28)26-13-7-8-18(14-26)25-21(29)30-22(3,4)5/h9-12,15,18H,6-8,13-14H2,1-5H3,(H,23,28)(H,24,27)(H,25,29). The zero-order valence-electron chi connectivity index (χ0n) is 18.6. The number of likely N-dealkylation sites (tertiary alicyclic amines) is 1. The van der Waals surface area contributed by atoms with Gasteiger partial charge in [0.05, 0.1) is 6.04 Å². The summed E-state index contributed by atoms with van der Waals surface area (Å²) in [4.78, 5) is 37.9. The Labute approximate surface area is 178 Å². The number of benzene rings is 1. The van der Waals surface area contributed by atoms with Crippen LogP contribution in [0.25, 0.3) is 0 Å². The molecule has 1 heterocycles. The lowest BCUT2D eigenvalue weighted by Crippen LogP contribution is -2.53. The average Bonchev–Trinajstić information content (AvgIpc) is 2.67. The van der Waals surface area contributed by atoms with Gasteiger partial charge in [-0.2, -0.15) is 0 Å². The summed E-state index contributed by atoms with van der Waals surface area (Å²) in [6, 6.07) is 6.95. The van der Waals surface area contributed by atoms with Crippen molar-refractivity contribution in [2.24, 2.45) is 0 Å². The van der Waals surface area contributed by atoms with Crippen LogP contribution < -0.4 is 16.0 Å². The fourth-order valence-electron chi connectivity index (χ4n) is 3.22. The van der Waals surface area contributed by atoms with Gasteiger partial charge < -0.3 is 25.6 Å².